The van der Waals surface area contributed by atoms with Gasteiger partial charge in [0, 0.05) is 18.7 Å². The third-order valence-corrected chi connectivity index (χ3v) is 4.37. The van der Waals surface area contributed by atoms with Gasteiger partial charge in [-0.1, -0.05) is 22.8 Å². The van der Waals surface area contributed by atoms with Crippen molar-refractivity contribution in [2.24, 2.45) is 0 Å². The maximum absolute atomic E-state index is 12.5. The van der Waals surface area contributed by atoms with E-state index in [0.717, 1.165) is 11.1 Å². The zero-order valence-corrected chi connectivity index (χ0v) is 15.5. The SMILES string of the molecule is Cc1ccc(-c2nnc(N[C@H](C)C(=O)N3CC[C@@H](OCC(F)(F)F)C3)o2)cc1. The maximum Gasteiger partial charge on any atom is 0.411 e. The summed E-state index contributed by atoms with van der Waals surface area (Å²) in [5, 5.41) is 10.7. The molecule has 1 aromatic carbocycles. The Kier molecular flexibility index (Phi) is 5.87. The number of benzene rings is 1. The Bertz CT molecular complexity index is 807. The molecule has 2 heterocycles. The van der Waals surface area contributed by atoms with Crippen molar-refractivity contribution in [3.05, 3.63) is 29.8 Å². The summed E-state index contributed by atoms with van der Waals surface area (Å²) in [6.45, 7) is 2.75. The molecule has 1 amide bonds. The Balaban J connectivity index is 1.53. The molecule has 152 valence electrons. The fourth-order valence-electron chi connectivity index (χ4n) is 2.89. The van der Waals surface area contributed by atoms with E-state index in [4.69, 9.17) is 9.15 Å². The van der Waals surface area contributed by atoms with Crippen molar-refractivity contribution in [3.63, 3.8) is 0 Å². The molecule has 2 atom stereocenters. The van der Waals surface area contributed by atoms with Crippen molar-refractivity contribution in [1.82, 2.24) is 15.1 Å². The molecule has 0 bridgehead atoms. The highest BCUT2D eigenvalue weighted by Crippen LogP contribution is 2.22. The predicted molar refractivity (Wildman–Crippen MR) is 94.5 cm³/mol. The van der Waals surface area contributed by atoms with Gasteiger partial charge >= 0.3 is 12.2 Å². The van der Waals surface area contributed by atoms with Crippen LogP contribution in [0.25, 0.3) is 11.5 Å². The van der Waals surface area contributed by atoms with Crippen LogP contribution in [0.15, 0.2) is 28.7 Å². The Labute approximate surface area is 159 Å². The Morgan fingerprint density at radius 2 is 2.07 bits per heavy atom. The van der Waals surface area contributed by atoms with Gasteiger partial charge in [0.25, 0.3) is 0 Å². The quantitative estimate of drug-likeness (QED) is 0.806. The molecular weight excluding hydrogens is 377 g/mol. The number of likely N-dealkylation sites (tertiary alicyclic amines) is 1. The topological polar surface area (TPSA) is 80.5 Å². The summed E-state index contributed by atoms with van der Waals surface area (Å²) in [5.41, 5.74) is 1.86. The van der Waals surface area contributed by atoms with Crippen LogP contribution in [0.3, 0.4) is 0 Å². The summed E-state index contributed by atoms with van der Waals surface area (Å²) in [4.78, 5) is 14.0. The second kappa shape index (κ2) is 8.17. The number of nitrogens with zero attached hydrogens (tertiary/aromatic N) is 3. The number of nitrogens with one attached hydrogen (secondary N) is 1. The van der Waals surface area contributed by atoms with Crippen LogP contribution in [-0.4, -0.2) is 59.0 Å². The van der Waals surface area contributed by atoms with Crippen LogP contribution in [0, 0.1) is 6.92 Å². The number of alkyl halides is 3. The number of hydrogen-bond donors (Lipinski definition) is 1. The monoisotopic (exact) mass is 398 g/mol. The Hall–Kier alpha value is -2.62. The number of rotatable bonds is 6. The predicted octanol–water partition coefficient (Wildman–Crippen LogP) is 3.03. The van der Waals surface area contributed by atoms with Crippen LogP contribution in [0.1, 0.15) is 18.9 Å². The lowest BCUT2D eigenvalue weighted by Crippen LogP contribution is -2.40. The van der Waals surface area contributed by atoms with E-state index in [1.807, 2.05) is 31.2 Å². The molecule has 10 heteroatoms. The molecule has 1 N–H and O–H groups in total. The van der Waals surface area contributed by atoms with Gasteiger partial charge in [-0.3, -0.25) is 4.79 Å². The van der Waals surface area contributed by atoms with E-state index in [9.17, 15) is 18.0 Å². The van der Waals surface area contributed by atoms with Gasteiger partial charge in [0.1, 0.15) is 12.6 Å². The number of amides is 1. The molecule has 2 aromatic rings. The normalized spacial score (nSPS) is 18.3. The molecule has 1 fully saturated rings. The summed E-state index contributed by atoms with van der Waals surface area (Å²) in [6.07, 6.45) is -4.62. The minimum Gasteiger partial charge on any atom is -0.403 e. The van der Waals surface area contributed by atoms with Crippen LogP contribution < -0.4 is 5.32 Å². The molecule has 1 saturated heterocycles. The number of aryl methyl sites for hydroxylation is 1. The van der Waals surface area contributed by atoms with Crippen LogP contribution >= 0.6 is 0 Å². The summed E-state index contributed by atoms with van der Waals surface area (Å²) >= 11 is 0. The second-order valence-electron chi connectivity index (χ2n) is 6.77. The first-order chi connectivity index (χ1) is 13.2. The standard InChI is InChI=1S/C18H21F3N4O3/c1-11-3-5-13(6-4-11)15-23-24-17(28-15)22-12(2)16(26)25-8-7-14(9-25)27-10-18(19,20)21/h3-6,12,14H,7-10H2,1-2H3,(H,22,24)/t12-,14-/m1/s1. The number of ether oxygens (including phenoxy) is 1. The van der Waals surface area contributed by atoms with Gasteiger partial charge in [-0.25, -0.2) is 0 Å². The van der Waals surface area contributed by atoms with Gasteiger partial charge in [-0.05, 0) is 32.4 Å². The van der Waals surface area contributed by atoms with Crippen molar-refractivity contribution in [1.29, 1.82) is 0 Å². The highest BCUT2D eigenvalue weighted by Gasteiger charge is 2.34. The first-order valence-corrected chi connectivity index (χ1v) is 8.85. The van der Waals surface area contributed by atoms with Gasteiger partial charge in [0.05, 0.1) is 6.10 Å². The fourth-order valence-corrected chi connectivity index (χ4v) is 2.89. The fraction of sp³-hybridized carbons (Fsp3) is 0.500. The smallest absolute Gasteiger partial charge is 0.403 e. The van der Waals surface area contributed by atoms with Crippen molar-refractivity contribution in [3.8, 4) is 11.5 Å². The minimum atomic E-state index is -4.38. The van der Waals surface area contributed by atoms with E-state index in [2.05, 4.69) is 15.5 Å². The van der Waals surface area contributed by atoms with Gasteiger partial charge < -0.3 is 19.4 Å². The average molecular weight is 398 g/mol. The van der Waals surface area contributed by atoms with E-state index in [-0.39, 0.29) is 18.5 Å². The highest BCUT2D eigenvalue weighted by molar-refractivity contribution is 5.84. The van der Waals surface area contributed by atoms with E-state index < -0.39 is 24.9 Å². The molecule has 7 nitrogen and oxygen atoms in total. The molecule has 28 heavy (non-hydrogen) atoms. The molecule has 1 aliphatic rings. The van der Waals surface area contributed by atoms with Crippen LogP contribution in [-0.2, 0) is 9.53 Å². The lowest BCUT2D eigenvalue weighted by molar-refractivity contribution is -0.183. The van der Waals surface area contributed by atoms with Crippen LogP contribution in [0.4, 0.5) is 19.2 Å². The first-order valence-electron chi connectivity index (χ1n) is 8.85. The third-order valence-electron chi connectivity index (χ3n) is 4.37. The number of anilines is 1. The highest BCUT2D eigenvalue weighted by atomic mass is 19.4. The zero-order chi connectivity index (χ0) is 20.3. The minimum absolute atomic E-state index is 0.0977. The molecule has 0 aliphatic carbocycles. The molecular formula is C18H21F3N4O3. The van der Waals surface area contributed by atoms with Crippen molar-refractivity contribution >= 4 is 11.9 Å². The third kappa shape index (κ3) is 5.22. The number of carbonyl (C=O) groups is 1. The number of halogens is 3. The Morgan fingerprint density at radius 3 is 2.75 bits per heavy atom. The van der Waals surface area contributed by atoms with Crippen molar-refractivity contribution < 1.29 is 27.1 Å². The van der Waals surface area contributed by atoms with Gasteiger partial charge in [0.15, 0.2) is 0 Å². The van der Waals surface area contributed by atoms with E-state index >= 15 is 0 Å². The largest absolute Gasteiger partial charge is 0.411 e. The molecule has 1 aliphatic heterocycles. The molecule has 0 radical (unpaired) electrons. The summed E-state index contributed by atoms with van der Waals surface area (Å²) < 4.78 is 47.1. The number of aromatic nitrogens is 2. The van der Waals surface area contributed by atoms with Crippen molar-refractivity contribution in [2.45, 2.75) is 38.6 Å². The zero-order valence-electron chi connectivity index (χ0n) is 15.5. The van der Waals surface area contributed by atoms with Crippen LogP contribution in [0.2, 0.25) is 0 Å². The maximum atomic E-state index is 12.5. The van der Waals surface area contributed by atoms with Gasteiger partial charge in [-0.2, -0.15) is 13.2 Å². The van der Waals surface area contributed by atoms with E-state index in [1.54, 1.807) is 6.92 Å². The van der Waals surface area contributed by atoms with Gasteiger partial charge in [-0.15, -0.1) is 5.10 Å². The molecule has 0 unspecified atom stereocenters. The Morgan fingerprint density at radius 1 is 1.36 bits per heavy atom. The number of hydrogen-bond acceptors (Lipinski definition) is 6. The molecule has 0 saturated carbocycles. The summed E-state index contributed by atoms with van der Waals surface area (Å²) in [6, 6.07) is 6.97. The van der Waals surface area contributed by atoms with Gasteiger partial charge in [0.2, 0.25) is 11.8 Å². The summed E-state index contributed by atoms with van der Waals surface area (Å²) in [5.74, 6) is 0.0529. The molecule has 0 spiro atoms. The molecule has 3 rings (SSSR count). The van der Waals surface area contributed by atoms with Crippen LogP contribution in [0.5, 0.6) is 0 Å². The van der Waals surface area contributed by atoms with E-state index in [1.165, 1.54) is 4.90 Å². The average Bonchev–Trinajstić information content (AvgIpc) is 3.29. The van der Waals surface area contributed by atoms with Crippen molar-refractivity contribution in [2.75, 3.05) is 25.0 Å². The number of carbonyl (C=O) groups excluding carboxylic acids is 1. The first kappa shape index (κ1) is 20.1. The lowest BCUT2D eigenvalue weighted by atomic mass is 10.1. The summed E-state index contributed by atoms with van der Waals surface area (Å²) in [7, 11) is 0. The lowest BCUT2D eigenvalue weighted by Gasteiger charge is -2.21. The molecule has 1 aromatic heterocycles. The second-order valence-corrected chi connectivity index (χ2v) is 6.77. The van der Waals surface area contributed by atoms with E-state index in [0.29, 0.717) is 18.9 Å².